The first kappa shape index (κ1) is 9.18. The summed E-state index contributed by atoms with van der Waals surface area (Å²) in [4.78, 5) is 11.0. The molecule has 1 amide bonds. The zero-order valence-corrected chi connectivity index (χ0v) is 7.69. The van der Waals surface area contributed by atoms with Gasteiger partial charge in [-0.25, -0.2) is 0 Å². The van der Waals surface area contributed by atoms with Crippen LogP contribution in [-0.4, -0.2) is 12.5 Å². The van der Waals surface area contributed by atoms with Gasteiger partial charge in [0, 0.05) is 12.1 Å². The van der Waals surface area contributed by atoms with Crippen molar-refractivity contribution in [2.75, 3.05) is 6.61 Å². The summed E-state index contributed by atoms with van der Waals surface area (Å²) in [6.45, 7) is 0.579. The van der Waals surface area contributed by atoms with Gasteiger partial charge in [0.2, 0.25) is 5.91 Å². The molecule has 1 aliphatic rings. The molecule has 4 heteroatoms. The highest BCUT2D eigenvalue weighted by Gasteiger charge is 2.24. The summed E-state index contributed by atoms with van der Waals surface area (Å²) in [6.07, 6.45) is -0.331. The van der Waals surface area contributed by atoms with E-state index in [1.165, 1.54) is 0 Å². The molecule has 74 valence electrons. The first-order valence-electron chi connectivity index (χ1n) is 4.50. The summed E-state index contributed by atoms with van der Waals surface area (Å²) in [5.41, 5.74) is 7.53. The average molecular weight is 192 g/mol. The lowest BCUT2D eigenvalue weighted by Crippen LogP contribution is -2.21. The number of carbonyl (C=O) groups is 1. The molecular formula is C10H12N2O2. The van der Waals surface area contributed by atoms with Crippen molar-refractivity contribution in [3.63, 3.8) is 0 Å². The van der Waals surface area contributed by atoms with E-state index in [0.717, 1.165) is 11.1 Å². The van der Waals surface area contributed by atoms with E-state index in [9.17, 15) is 4.79 Å². The van der Waals surface area contributed by atoms with E-state index in [-0.39, 0.29) is 18.7 Å². The molecule has 1 heterocycles. The standard InChI is InChI=1S/C10H12N2O2/c11-5-7-3-1-2-4-8(7)10-12-9(13)6-14-10/h1-4,10H,5-6,11H2,(H,12,13). The predicted molar refractivity (Wildman–Crippen MR) is 51.2 cm³/mol. The van der Waals surface area contributed by atoms with Crippen LogP contribution in [0.1, 0.15) is 17.4 Å². The molecule has 1 atom stereocenters. The molecule has 1 aromatic carbocycles. The Labute approximate surface area is 82.1 Å². The van der Waals surface area contributed by atoms with Crippen LogP contribution >= 0.6 is 0 Å². The molecule has 1 saturated heterocycles. The lowest BCUT2D eigenvalue weighted by atomic mass is 10.1. The molecule has 1 aliphatic heterocycles. The van der Waals surface area contributed by atoms with E-state index in [1.54, 1.807) is 0 Å². The molecule has 0 bridgehead atoms. The third-order valence-corrected chi connectivity index (χ3v) is 2.23. The minimum Gasteiger partial charge on any atom is -0.344 e. The molecule has 4 nitrogen and oxygen atoms in total. The molecule has 0 spiro atoms. The van der Waals surface area contributed by atoms with Crippen molar-refractivity contribution in [2.45, 2.75) is 12.8 Å². The van der Waals surface area contributed by atoms with Crippen LogP contribution in [0.2, 0.25) is 0 Å². The van der Waals surface area contributed by atoms with Gasteiger partial charge in [-0.1, -0.05) is 24.3 Å². The second-order valence-electron chi connectivity index (χ2n) is 3.16. The van der Waals surface area contributed by atoms with Gasteiger partial charge in [0.25, 0.3) is 0 Å². The molecule has 0 saturated carbocycles. The van der Waals surface area contributed by atoms with E-state index >= 15 is 0 Å². The van der Waals surface area contributed by atoms with Gasteiger partial charge in [-0.05, 0) is 5.56 Å². The van der Waals surface area contributed by atoms with Gasteiger partial charge in [-0.3, -0.25) is 4.79 Å². The summed E-state index contributed by atoms with van der Waals surface area (Å²) in [5.74, 6) is -0.0816. The number of benzene rings is 1. The number of rotatable bonds is 2. The van der Waals surface area contributed by atoms with E-state index in [4.69, 9.17) is 10.5 Å². The molecule has 1 fully saturated rings. The molecule has 14 heavy (non-hydrogen) atoms. The quantitative estimate of drug-likeness (QED) is 0.708. The molecule has 1 unspecified atom stereocenters. The summed E-state index contributed by atoms with van der Waals surface area (Å²) >= 11 is 0. The highest BCUT2D eigenvalue weighted by atomic mass is 16.5. The minimum absolute atomic E-state index is 0.0816. The van der Waals surface area contributed by atoms with Gasteiger partial charge >= 0.3 is 0 Å². The Morgan fingerprint density at radius 3 is 2.93 bits per heavy atom. The Hall–Kier alpha value is -1.39. The zero-order valence-electron chi connectivity index (χ0n) is 7.69. The zero-order chi connectivity index (χ0) is 9.97. The van der Waals surface area contributed by atoms with Crippen LogP contribution in [0.5, 0.6) is 0 Å². The molecule has 0 aromatic heterocycles. The number of amides is 1. The molecule has 0 aliphatic carbocycles. The number of nitrogens with two attached hydrogens (primary N) is 1. The Morgan fingerprint density at radius 1 is 1.50 bits per heavy atom. The molecule has 2 rings (SSSR count). The minimum atomic E-state index is -0.331. The van der Waals surface area contributed by atoms with E-state index in [1.807, 2.05) is 24.3 Å². The predicted octanol–water partition coefficient (Wildman–Crippen LogP) is 0.290. The monoisotopic (exact) mass is 192 g/mol. The number of hydrogen-bond acceptors (Lipinski definition) is 3. The highest BCUT2D eigenvalue weighted by Crippen LogP contribution is 2.21. The first-order chi connectivity index (χ1) is 6.81. The molecule has 0 radical (unpaired) electrons. The Bertz CT molecular complexity index is 352. The van der Waals surface area contributed by atoms with E-state index in [0.29, 0.717) is 6.54 Å². The number of carbonyl (C=O) groups excluding carboxylic acids is 1. The van der Waals surface area contributed by atoms with Crippen LogP contribution in [0.15, 0.2) is 24.3 Å². The second kappa shape index (κ2) is 3.77. The van der Waals surface area contributed by atoms with Crippen LogP contribution in [0.3, 0.4) is 0 Å². The fourth-order valence-corrected chi connectivity index (χ4v) is 1.53. The third-order valence-electron chi connectivity index (χ3n) is 2.23. The lowest BCUT2D eigenvalue weighted by Gasteiger charge is -2.13. The van der Waals surface area contributed by atoms with Crippen molar-refractivity contribution in [2.24, 2.45) is 5.73 Å². The third kappa shape index (κ3) is 1.62. The van der Waals surface area contributed by atoms with Crippen LogP contribution in [-0.2, 0) is 16.1 Å². The maximum Gasteiger partial charge on any atom is 0.248 e. The van der Waals surface area contributed by atoms with Gasteiger partial charge in [0.1, 0.15) is 6.61 Å². The Balaban J connectivity index is 2.27. The smallest absolute Gasteiger partial charge is 0.248 e. The van der Waals surface area contributed by atoms with Crippen molar-refractivity contribution in [3.8, 4) is 0 Å². The lowest BCUT2D eigenvalue weighted by molar-refractivity contribution is -0.119. The fraction of sp³-hybridized carbons (Fsp3) is 0.300. The number of nitrogens with one attached hydrogen (secondary N) is 1. The molecular weight excluding hydrogens is 180 g/mol. The van der Waals surface area contributed by atoms with Gasteiger partial charge in [0.05, 0.1) is 0 Å². The van der Waals surface area contributed by atoms with Gasteiger partial charge in [-0.2, -0.15) is 0 Å². The van der Waals surface area contributed by atoms with Crippen molar-refractivity contribution in [1.82, 2.24) is 5.32 Å². The summed E-state index contributed by atoms with van der Waals surface area (Å²) < 4.78 is 5.28. The number of ether oxygens (including phenoxy) is 1. The topological polar surface area (TPSA) is 64.3 Å². The average Bonchev–Trinajstić information content (AvgIpc) is 2.65. The molecule has 1 aromatic rings. The maximum atomic E-state index is 11.0. The van der Waals surface area contributed by atoms with Gasteiger partial charge < -0.3 is 15.8 Å². The maximum absolute atomic E-state index is 11.0. The Kier molecular flexibility index (Phi) is 2.47. The number of hydrogen-bond donors (Lipinski definition) is 2. The fourth-order valence-electron chi connectivity index (χ4n) is 1.53. The highest BCUT2D eigenvalue weighted by molar-refractivity contribution is 5.79. The van der Waals surface area contributed by atoms with Crippen LogP contribution in [0, 0.1) is 0 Å². The molecule has 3 N–H and O–H groups in total. The van der Waals surface area contributed by atoms with Crippen LogP contribution in [0.25, 0.3) is 0 Å². The largest absolute Gasteiger partial charge is 0.344 e. The van der Waals surface area contributed by atoms with Crippen molar-refractivity contribution in [1.29, 1.82) is 0 Å². The Morgan fingerprint density at radius 2 is 2.29 bits per heavy atom. The van der Waals surface area contributed by atoms with Gasteiger partial charge in [-0.15, -0.1) is 0 Å². The summed E-state index contributed by atoms with van der Waals surface area (Å²) in [5, 5.41) is 2.73. The van der Waals surface area contributed by atoms with Gasteiger partial charge in [0.15, 0.2) is 6.23 Å². The van der Waals surface area contributed by atoms with Crippen molar-refractivity contribution < 1.29 is 9.53 Å². The van der Waals surface area contributed by atoms with Crippen LogP contribution < -0.4 is 11.1 Å². The first-order valence-corrected chi connectivity index (χ1v) is 4.50. The van der Waals surface area contributed by atoms with E-state index in [2.05, 4.69) is 5.32 Å². The van der Waals surface area contributed by atoms with Crippen molar-refractivity contribution >= 4 is 5.91 Å². The SMILES string of the molecule is NCc1ccccc1C1NC(=O)CO1. The normalized spacial score (nSPS) is 20.9. The van der Waals surface area contributed by atoms with Crippen molar-refractivity contribution in [3.05, 3.63) is 35.4 Å². The summed E-state index contributed by atoms with van der Waals surface area (Å²) in [6, 6.07) is 7.67. The van der Waals surface area contributed by atoms with Crippen LogP contribution in [0.4, 0.5) is 0 Å². The summed E-state index contributed by atoms with van der Waals surface area (Å²) in [7, 11) is 0. The van der Waals surface area contributed by atoms with E-state index < -0.39 is 0 Å². The second-order valence-corrected chi connectivity index (χ2v) is 3.16.